The molecule has 3 aromatic rings. The third-order valence-electron chi connectivity index (χ3n) is 5.10. The van der Waals surface area contributed by atoms with Gasteiger partial charge in [-0.15, -0.1) is 11.3 Å². The van der Waals surface area contributed by atoms with Gasteiger partial charge in [0.05, 0.1) is 17.0 Å². The monoisotopic (exact) mass is 575 g/mol. The average Bonchev–Trinajstić information content (AvgIpc) is 3.28. The Kier molecular flexibility index (Phi) is 10.3. The van der Waals surface area contributed by atoms with Gasteiger partial charge >= 0.3 is 11.9 Å². The van der Waals surface area contributed by atoms with Gasteiger partial charge in [0.15, 0.2) is 5.96 Å². The van der Waals surface area contributed by atoms with Crippen molar-refractivity contribution in [2.24, 2.45) is 22.2 Å². The number of sulfonamides is 1. The predicted octanol–water partition coefficient (Wildman–Crippen LogP) is 2.24. The minimum Gasteiger partial charge on any atom is -0.481 e. The Bertz CT molecular complexity index is 1500. The van der Waals surface area contributed by atoms with E-state index in [2.05, 4.69) is 9.71 Å². The molecule has 3 rings (SSSR count). The summed E-state index contributed by atoms with van der Waals surface area (Å²) in [6.07, 6.45) is -0.710. The van der Waals surface area contributed by atoms with Crippen LogP contribution in [-0.2, 0) is 19.6 Å². The molecule has 0 aliphatic carbocycles. The molecule has 14 heteroatoms. The summed E-state index contributed by atoms with van der Waals surface area (Å²) in [6, 6.07) is 12.5. The molecule has 0 fully saturated rings. The number of carbonyl (C=O) groups excluding carboxylic acids is 1. The number of guanidine groups is 1. The van der Waals surface area contributed by atoms with E-state index in [-0.39, 0.29) is 10.9 Å². The third-order valence-corrected chi connectivity index (χ3v) is 8.00. The van der Waals surface area contributed by atoms with Crippen LogP contribution in [0.5, 0.6) is 0 Å². The minimum atomic E-state index is -4.04. The van der Waals surface area contributed by atoms with Crippen molar-refractivity contribution in [1.29, 1.82) is 0 Å². The van der Waals surface area contributed by atoms with Crippen LogP contribution in [0.1, 0.15) is 32.8 Å². The number of amides is 1. The maximum Gasteiger partial charge on any atom is 0.345 e. The number of nitrogens with one attached hydrogen (secondary N) is 1. The van der Waals surface area contributed by atoms with Crippen molar-refractivity contribution in [1.82, 2.24) is 4.72 Å². The summed E-state index contributed by atoms with van der Waals surface area (Å²) in [5.41, 5.74) is 19.1. The number of primary amides is 1. The second-order valence-corrected chi connectivity index (χ2v) is 11.2. The van der Waals surface area contributed by atoms with Crippen LogP contribution >= 0.6 is 11.3 Å². The molecule has 1 heterocycles. The van der Waals surface area contributed by atoms with Crippen LogP contribution in [0.4, 0.5) is 5.69 Å². The lowest BCUT2D eigenvalue weighted by Crippen LogP contribution is -2.45. The number of thiophene rings is 1. The van der Waals surface area contributed by atoms with Crippen LogP contribution in [-0.4, -0.2) is 48.5 Å². The van der Waals surface area contributed by atoms with E-state index in [1.807, 2.05) is 19.1 Å². The summed E-state index contributed by atoms with van der Waals surface area (Å²) in [5.74, 6) is -3.29. The van der Waals surface area contributed by atoms with Gasteiger partial charge in [0.1, 0.15) is 10.9 Å². The van der Waals surface area contributed by atoms with Crippen molar-refractivity contribution in [3.05, 3.63) is 70.1 Å². The lowest BCUT2D eigenvalue weighted by molar-refractivity contribution is -0.139. The summed E-state index contributed by atoms with van der Waals surface area (Å²) in [6.45, 7) is 5.09. The number of hydrogen-bond donors (Lipinski definition) is 6. The molecule has 0 aliphatic rings. The molecule has 9 N–H and O–H groups in total. The Balaban J connectivity index is 0.000000276. The SMILES string of the molecule is Cc1cc(C)c(S(=O)(=O)NC(CC(=O)O)C(N)=O)c(C)c1.NC(N)=Nc1cccc(-c2ccc(C(=O)O)s2)c1. The number of benzene rings is 2. The van der Waals surface area contributed by atoms with E-state index in [0.29, 0.717) is 21.7 Å². The normalized spacial score (nSPS) is 11.6. The smallest absolute Gasteiger partial charge is 0.345 e. The summed E-state index contributed by atoms with van der Waals surface area (Å²) >= 11 is 1.21. The maximum atomic E-state index is 12.4. The Morgan fingerprint density at radius 1 is 0.974 bits per heavy atom. The van der Waals surface area contributed by atoms with Crippen molar-refractivity contribution >= 4 is 50.9 Å². The number of hydrogen-bond acceptors (Lipinski definition) is 7. The zero-order chi connectivity index (χ0) is 29.5. The first-order valence-corrected chi connectivity index (χ1v) is 13.5. The summed E-state index contributed by atoms with van der Waals surface area (Å²) in [5, 5.41) is 17.6. The Hall–Kier alpha value is -4.27. The fourth-order valence-corrected chi connectivity index (χ4v) is 6.20. The number of aromatic carboxylic acids is 1. The number of aryl methyl sites for hydroxylation is 3. The van der Waals surface area contributed by atoms with Gasteiger partial charge in [-0.05, 0) is 61.7 Å². The van der Waals surface area contributed by atoms with E-state index in [1.54, 1.807) is 50.2 Å². The van der Waals surface area contributed by atoms with Gasteiger partial charge in [0.25, 0.3) is 0 Å². The molecule has 0 saturated heterocycles. The first-order chi connectivity index (χ1) is 18.1. The fourth-order valence-electron chi connectivity index (χ4n) is 3.70. The Morgan fingerprint density at radius 2 is 1.59 bits per heavy atom. The van der Waals surface area contributed by atoms with Gasteiger partial charge in [-0.3, -0.25) is 9.59 Å². The highest BCUT2D eigenvalue weighted by Crippen LogP contribution is 2.30. The molecule has 0 saturated carbocycles. The molecule has 0 spiro atoms. The van der Waals surface area contributed by atoms with Crippen molar-refractivity contribution in [2.45, 2.75) is 38.1 Å². The highest BCUT2D eigenvalue weighted by molar-refractivity contribution is 7.89. The van der Waals surface area contributed by atoms with Gasteiger partial charge in [0.2, 0.25) is 15.9 Å². The van der Waals surface area contributed by atoms with Crippen LogP contribution in [0.2, 0.25) is 0 Å². The second kappa shape index (κ2) is 13.0. The number of carboxylic acids is 2. The summed E-state index contributed by atoms with van der Waals surface area (Å²) in [7, 11) is -4.04. The quantitative estimate of drug-likeness (QED) is 0.162. The lowest BCUT2D eigenvalue weighted by atomic mass is 10.1. The molecule has 0 aliphatic heterocycles. The van der Waals surface area contributed by atoms with Crippen LogP contribution in [0, 0.1) is 20.8 Å². The van der Waals surface area contributed by atoms with Crippen molar-refractivity contribution < 1.29 is 33.0 Å². The minimum absolute atomic E-state index is 0.00967. The number of rotatable bonds is 9. The molecule has 208 valence electrons. The number of nitrogens with two attached hydrogens (primary N) is 3. The van der Waals surface area contributed by atoms with Gasteiger partial charge < -0.3 is 27.4 Å². The second-order valence-electron chi connectivity index (χ2n) is 8.46. The van der Waals surface area contributed by atoms with Gasteiger partial charge in [0, 0.05) is 4.88 Å². The molecule has 1 amide bonds. The molecule has 2 aromatic carbocycles. The zero-order valence-corrected chi connectivity index (χ0v) is 23.0. The van der Waals surface area contributed by atoms with E-state index in [4.69, 9.17) is 27.4 Å². The van der Waals surface area contributed by atoms with Gasteiger partial charge in [-0.1, -0.05) is 29.8 Å². The highest BCUT2D eigenvalue weighted by atomic mass is 32.2. The van der Waals surface area contributed by atoms with Crippen LogP contribution < -0.4 is 21.9 Å². The predicted molar refractivity (Wildman–Crippen MR) is 148 cm³/mol. The molecule has 12 nitrogen and oxygen atoms in total. The molecule has 0 bridgehead atoms. The summed E-state index contributed by atoms with van der Waals surface area (Å²) in [4.78, 5) is 37.8. The first kappa shape index (κ1) is 31.0. The fraction of sp³-hybridized carbons (Fsp3) is 0.200. The largest absolute Gasteiger partial charge is 0.481 e. The van der Waals surface area contributed by atoms with Crippen LogP contribution in [0.3, 0.4) is 0 Å². The standard InChI is InChI=1S/C13H18N2O5S.C12H11N3O2S/c1-7-4-8(2)12(9(3)5-7)21(19,20)15-10(13(14)18)6-11(16)17;13-12(14)15-8-3-1-2-7(6-8)9-4-5-10(18-9)11(16)17/h4-5,10,15H,6H2,1-3H3,(H2,14,18)(H,16,17);1-6H,(H,16,17)(H4,13,14,15). The average molecular weight is 576 g/mol. The first-order valence-electron chi connectivity index (χ1n) is 11.2. The van der Waals surface area contributed by atoms with Crippen molar-refractivity contribution in [3.8, 4) is 10.4 Å². The molecule has 1 aromatic heterocycles. The Morgan fingerprint density at radius 3 is 2.08 bits per heavy atom. The van der Waals surface area contributed by atoms with Crippen LogP contribution in [0.15, 0.2) is 58.4 Å². The van der Waals surface area contributed by atoms with E-state index < -0.39 is 40.3 Å². The lowest BCUT2D eigenvalue weighted by Gasteiger charge is -2.17. The topological polar surface area (TPSA) is 228 Å². The maximum absolute atomic E-state index is 12.4. The van der Waals surface area contributed by atoms with Crippen LogP contribution in [0.25, 0.3) is 10.4 Å². The molecular weight excluding hydrogens is 546 g/mol. The van der Waals surface area contributed by atoms with Crippen molar-refractivity contribution in [3.63, 3.8) is 0 Å². The number of aliphatic imine (C=N–C) groups is 1. The van der Waals surface area contributed by atoms with E-state index in [1.165, 1.54) is 11.3 Å². The number of carboxylic acid groups (broad SMARTS) is 2. The van der Waals surface area contributed by atoms with Gasteiger partial charge in [-0.2, -0.15) is 4.72 Å². The Labute approximate surface area is 229 Å². The van der Waals surface area contributed by atoms with E-state index in [9.17, 15) is 22.8 Å². The molecule has 1 atom stereocenters. The molecule has 0 radical (unpaired) electrons. The number of aliphatic carboxylic acids is 1. The van der Waals surface area contributed by atoms with E-state index in [0.717, 1.165) is 16.0 Å². The molecule has 1 unspecified atom stereocenters. The molecule has 39 heavy (non-hydrogen) atoms. The third kappa shape index (κ3) is 8.91. The zero-order valence-electron chi connectivity index (χ0n) is 21.3. The summed E-state index contributed by atoms with van der Waals surface area (Å²) < 4.78 is 26.8. The van der Waals surface area contributed by atoms with Gasteiger partial charge in [-0.25, -0.2) is 18.2 Å². The van der Waals surface area contributed by atoms with Crippen molar-refractivity contribution in [2.75, 3.05) is 0 Å². The van der Waals surface area contributed by atoms with E-state index >= 15 is 0 Å². The molecular formula is C25H29N5O7S2. The highest BCUT2D eigenvalue weighted by Gasteiger charge is 2.28. The number of carbonyl (C=O) groups is 3. The number of nitrogens with zero attached hydrogens (tertiary/aromatic N) is 1.